The van der Waals surface area contributed by atoms with E-state index in [1.807, 2.05) is 13.1 Å². The van der Waals surface area contributed by atoms with Gasteiger partial charge in [-0.2, -0.15) is 0 Å². The molecule has 0 spiro atoms. The summed E-state index contributed by atoms with van der Waals surface area (Å²) in [5.74, 6) is 0.760. The van der Waals surface area contributed by atoms with Crippen LogP contribution in [-0.4, -0.2) is 75.2 Å². The zero-order valence-electron chi connectivity index (χ0n) is 15.3. The molecular weight excluding hydrogens is 419 g/mol. The fourth-order valence-corrected chi connectivity index (χ4v) is 2.35. The Balaban J connectivity index is 0.00000529. The van der Waals surface area contributed by atoms with Gasteiger partial charge in [0.25, 0.3) is 0 Å². The number of halogens is 1. The molecule has 1 aliphatic rings. The van der Waals surface area contributed by atoms with E-state index in [9.17, 15) is 4.79 Å². The van der Waals surface area contributed by atoms with Gasteiger partial charge in [0.15, 0.2) is 5.96 Å². The van der Waals surface area contributed by atoms with Gasteiger partial charge in [0.05, 0.1) is 6.10 Å². The number of nitrogens with zero attached hydrogens (tertiary/aromatic N) is 3. The van der Waals surface area contributed by atoms with Crippen LogP contribution in [0.15, 0.2) is 17.6 Å². The van der Waals surface area contributed by atoms with E-state index in [4.69, 9.17) is 4.74 Å². The lowest BCUT2D eigenvalue weighted by atomic mass is 10.1. The van der Waals surface area contributed by atoms with E-state index in [2.05, 4.69) is 21.8 Å². The van der Waals surface area contributed by atoms with Gasteiger partial charge in [-0.25, -0.2) is 4.99 Å². The molecule has 24 heavy (non-hydrogen) atoms. The van der Waals surface area contributed by atoms with Crippen molar-refractivity contribution in [2.45, 2.75) is 38.2 Å². The summed E-state index contributed by atoms with van der Waals surface area (Å²) in [4.78, 5) is 19.9. The summed E-state index contributed by atoms with van der Waals surface area (Å²) in [5, 5.41) is 3.36. The van der Waals surface area contributed by atoms with Gasteiger partial charge >= 0.3 is 0 Å². The van der Waals surface area contributed by atoms with Crippen molar-refractivity contribution in [3.63, 3.8) is 0 Å². The van der Waals surface area contributed by atoms with Gasteiger partial charge in [-0.1, -0.05) is 6.08 Å². The Bertz CT molecular complexity index is 396. The molecule has 0 saturated carbocycles. The molecule has 7 heteroatoms. The maximum Gasteiger partial charge on any atom is 0.243 e. The third-order valence-corrected chi connectivity index (χ3v) is 3.89. The zero-order chi connectivity index (χ0) is 17.1. The lowest BCUT2D eigenvalue weighted by Gasteiger charge is -2.27. The first-order valence-corrected chi connectivity index (χ1v) is 8.46. The van der Waals surface area contributed by atoms with Gasteiger partial charge in [-0.3, -0.25) is 4.79 Å². The molecule has 0 aromatic heterocycles. The first-order chi connectivity index (χ1) is 11.0. The topological polar surface area (TPSA) is 57.2 Å². The van der Waals surface area contributed by atoms with E-state index in [0.717, 1.165) is 51.3 Å². The molecule has 1 aliphatic heterocycles. The van der Waals surface area contributed by atoms with Crippen LogP contribution in [0.4, 0.5) is 0 Å². The third kappa shape index (κ3) is 9.46. The Labute approximate surface area is 163 Å². The smallest absolute Gasteiger partial charge is 0.243 e. The number of nitrogens with one attached hydrogen (secondary N) is 1. The van der Waals surface area contributed by atoms with Gasteiger partial charge in [0.1, 0.15) is 6.54 Å². The number of carbonyl (C=O) groups excluding carboxylic acids is 1. The second-order valence-corrected chi connectivity index (χ2v) is 6.15. The van der Waals surface area contributed by atoms with Crippen LogP contribution in [0.5, 0.6) is 0 Å². The molecule has 0 aromatic carbocycles. The van der Waals surface area contributed by atoms with E-state index in [1.54, 1.807) is 19.0 Å². The van der Waals surface area contributed by atoms with Crippen LogP contribution in [0, 0.1) is 0 Å². The molecule has 1 saturated heterocycles. The van der Waals surface area contributed by atoms with E-state index in [1.165, 1.54) is 6.42 Å². The summed E-state index contributed by atoms with van der Waals surface area (Å²) in [7, 11) is 5.49. The number of unbranched alkanes of at least 4 members (excludes halogenated alkanes) is 1. The fraction of sp³-hybridized carbons (Fsp3) is 0.765. The summed E-state index contributed by atoms with van der Waals surface area (Å²) >= 11 is 0. The van der Waals surface area contributed by atoms with Gasteiger partial charge in [-0.05, 0) is 32.1 Å². The highest BCUT2D eigenvalue weighted by Crippen LogP contribution is 2.11. The van der Waals surface area contributed by atoms with E-state index in [0.29, 0.717) is 0 Å². The molecule has 140 valence electrons. The zero-order valence-corrected chi connectivity index (χ0v) is 17.6. The highest BCUT2D eigenvalue weighted by atomic mass is 127. The SMILES string of the molecule is C=CCCCN(C)C(=NCC(=O)N(C)C)NCC1CCCCO1.I. The summed E-state index contributed by atoms with van der Waals surface area (Å²) < 4.78 is 5.75. The molecule has 1 N–H and O–H groups in total. The lowest BCUT2D eigenvalue weighted by Crippen LogP contribution is -2.44. The van der Waals surface area contributed by atoms with Crippen molar-refractivity contribution < 1.29 is 9.53 Å². The Morgan fingerprint density at radius 3 is 2.71 bits per heavy atom. The number of amides is 1. The van der Waals surface area contributed by atoms with E-state index < -0.39 is 0 Å². The molecule has 1 amide bonds. The molecular formula is C17H33IN4O2. The monoisotopic (exact) mass is 452 g/mol. The highest BCUT2D eigenvalue weighted by molar-refractivity contribution is 14.0. The molecule has 0 aliphatic carbocycles. The molecule has 1 unspecified atom stereocenters. The van der Waals surface area contributed by atoms with Gasteiger partial charge in [0.2, 0.25) is 5.91 Å². The minimum absolute atomic E-state index is 0. The van der Waals surface area contributed by atoms with Crippen LogP contribution in [0.2, 0.25) is 0 Å². The molecule has 0 aromatic rings. The largest absolute Gasteiger partial charge is 0.376 e. The number of allylic oxidation sites excluding steroid dienone is 1. The standard InChI is InChI=1S/C17H32N4O2.HI/c1-5-6-8-11-21(4)17(19-14-16(22)20(2)3)18-13-15-10-7-9-12-23-15;/h5,15H,1,6-14H2,2-4H3,(H,18,19);1H. The highest BCUT2D eigenvalue weighted by Gasteiger charge is 2.15. The van der Waals surface area contributed by atoms with Crippen molar-refractivity contribution in [2.75, 3.05) is 47.4 Å². The number of ether oxygens (including phenoxy) is 1. The van der Waals surface area contributed by atoms with Crippen LogP contribution in [0.25, 0.3) is 0 Å². The van der Waals surface area contributed by atoms with Crippen molar-refractivity contribution in [2.24, 2.45) is 4.99 Å². The first-order valence-electron chi connectivity index (χ1n) is 8.46. The van der Waals surface area contributed by atoms with Crippen molar-refractivity contribution in [1.82, 2.24) is 15.1 Å². The number of carbonyl (C=O) groups is 1. The minimum atomic E-state index is -0.00212. The molecule has 1 heterocycles. The average Bonchev–Trinajstić information content (AvgIpc) is 2.55. The number of hydrogen-bond acceptors (Lipinski definition) is 3. The normalized spacial score (nSPS) is 17.6. The second-order valence-electron chi connectivity index (χ2n) is 6.15. The van der Waals surface area contributed by atoms with E-state index in [-0.39, 0.29) is 42.5 Å². The van der Waals surface area contributed by atoms with Crippen molar-refractivity contribution in [3.05, 3.63) is 12.7 Å². The Morgan fingerprint density at radius 2 is 2.12 bits per heavy atom. The summed E-state index contributed by atoms with van der Waals surface area (Å²) in [6, 6.07) is 0. The van der Waals surface area contributed by atoms with Crippen LogP contribution in [0.1, 0.15) is 32.1 Å². The van der Waals surface area contributed by atoms with Crippen molar-refractivity contribution in [1.29, 1.82) is 0 Å². The van der Waals surface area contributed by atoms with Crippen LogP contribution in [0.3, 0.4) is 0 Å². The number of rotatable bonds is 8. The van der Waals surface area contributed by atoms with Gasteiger partial charge < -0.3 is 19.9 Å². The molecule has 1 atom stereocenters. The van der Waals surface area contributed by atoms with Crippen LogP contribution in [-0.2, 0) is 9.53 Å². The molecule has 1 rings (SSSR count). The van der Waals surface area contributed by atoms with Crippen molar-refractivity contribution in [3.8, 4) is 0 Å². The first kappa shape index (κ1) is 23.2. The van der Waals surface area contributed by atoms with Crippen molar-refractivity contribution >= 4 is 35.8 Å². The molecule has 6 nitrogen and oxygen atoms in total. The van der Waals surface area contributed by atoms with Gasteiger partial charge in [0, 0.05) is 40.8 Å². The summed E-state index contributed by atoms with van der Waals surface area (Å²) in [5.41, 5.74) is 0. The average molecular weight is 452 g/mol. The quantitative estimate of drug-likeness (QED) is 0.202. The maximum atomic E-state index is 11.8. The predicted octanol–water partition coefficient (Wildman–Crippen LogP) is 2.11. The summed E-state index contributed by atoms with van der Waals surface area (Å²) in [6.45, 7) is 6.36. The molecule has 0 bridgehead atoms. The molecule has 1 fully saturated rings. The van der Waals surface area contributed by atoms with E-state index >= 15 is 0 Å². The number of aliphatic imine (C=N–C) groups is 1. The lowest BCUT2D eigenvalue weighted by molar-refractivity contribution is -0.127. The summed E-state index contributed by atoms with van der Waals surface area (Å²) in [6.07, 6.45) is 7.59. The minimum Gasteiger partial charge on any atom is -0.376 e. The van der Waals surface area contributed by atoms with Gasteiger partial charge in [-0.15, -0.1) is 30.6 Å². The Hall–Kier alpha value is -0.830. The Kier molecular flexibility index (Phi) is 13.0. The number of guanidine groups is 1. The number of likely N-dealkylation sites (N-methyl/N-ethyl adjacent to an activating group) is 1. The third-order valence-electron chi connectivity index (χ3n) is 3.89. The maximum absolute atomic E-state index is 11.8. The van der Waals surface area contributed by atoms with Crippen LogP contribution >= 0.6 is 24.0 Å². The number of hydrogen-bond donors (Lipinski definition) is 1. The Morgan fingerprint density at radius 1 is 1.38 bits per heavy atom. The van der Waals surface area contributed by atoms with Crippen LogP contribution < -0.4 is 5.32 Å². The second kappa shape index (κ2) is 13.5. The molecule has 0 radical (unpaired) electrons. The fourth-order valence-electron chi connectivity index (χ4n) is 2.35. The predicted molar refractivity (Wildman–Crippen MR) is 110 cm³/mol.